The van der Waals surface area contributed by atoms with E-state index in [0.29, 0.717) is 25.9 Å². The fourth-order valence-electron chi connectivity index (χ4n) is 2.51. The molecule has 5 heteroatoms. The van der Waals surface area contributed by atoms with Crippen molar-refractivity contribution < 1.29 is 14.7 Å². The number of carbonyl (C=O) groups is 2. The molecular weight excluding hydrogens is 232 g/mol. The van der Waals surface area contributed by atoms with Gasteiger partial charge < -0.3 is 10.0 Å². The van der Waals surface area contributed by atoms with E-state index in [2.05, 4.69) is 4.98 Å². The number of likely N-dealkylation sites (tertiary alicyclic amines) is 1. The molecular formula is C13H16N2O3. The lowest BCUT2D eigenvalue weighted by Crippen LogP contribution is -2.48. The Morgan fingerprint density at radius 2 is 2.00 bits per heavy atom. The van der Waals surface area contributed by atoms with E-state index in [1.165, 1.54) is 4.90 Å². The largest absolute Gasteiger partial charge is 0.465 e. The smallest absolute Gasteiger partial charge is 0.407 e. The zero-order valence-electron chi connectivity index (χ0n) is 10.3. The molecule has 0 unspecified atom stereocenters. The third kappa shape index (κ3) is 2.08. The molecule has 1 N–H and O–H groups in total. The van der Waals surface area contributed by atoms with E-state index in [1.807, 2.05) is 18.2 Å². The lowest BCUT2D eigenvalue weighted by Gasteiger charge is -2.38. The fraction of sp³-hybridized carbons (Fsp3) is 0.462. The van der Waals surface area contributed by atoms with Gasteiger partial charge in [0.25, 0.3) is 0 Å². The molecule has 2 heterocycles. The van der Waals surface area contributed by atoms with Crippen LogP contribution in [0.5, 0.6) is 0 Å². The molecule has 0 aliphatic carbocycles. The summed E-state index contributed by atoms with van der Waals surface area (Å²) in [6, 6.07) is 5.51. The van der Waals surface area contributed by atoms with Crippen molar-refractivity contribution in [2.24, 2.45) is 0 Å². The van der Waals surface area contributed by atoms with Crippen molar-refractivity contribution in [2.75, 3.05) is 13.1 Å². The molecule has 0 aromatic carbocycles. The highest BCUT2D eigenvalue weighted by Crippen LogP contribution is 2.35. The van der Waals surface area contributed by atoms with Crippen LogP contribution in [-0.2, 0) is 10.2 Å². The summed E-state index contributed by atoms with van der Waals surface area (Å²) in [5, 5.41) is 8.94. The van der Waals surface area contributed by atoms with Crippen molar-refractivity contribution in [3.8, 4) is 0 Å². The predicted octanol–water partition coefficient (Wildman–Crippen LogP) is 1.68. The summed E-state index contributed by atoms with van der Waals surface area (Å²) in [5.41, 5.74) is 0.135. The Hall–Kier alpha value is -1.91. The van der Waals surface area contributed by atoms with Crippen molar-refractivity contribution in [2.45, 2.75) is 25.2 Å². The fourth-order valence-corrected chi connectivity index (χ4v) is 2.51. The summed E-state index contributed by atoms with van der Waals surface area (Å²) < 4.78 is 0. The maximum Gasteiger partial charge on any atom is 0.407 e. The van der Waals surface area contributed by atoms with Gasteiger partial charge >= 0.3 is 6.09 Å². The van der Waals surface area contributed by atoms with Gasteiger partial charge in [0.1, 0.15) is 5.78 Å². The number of piperidine rings is 1. The van der Waals surface area contributed by atoms with Gasteiger partial charge in [0.15, 0.2) is 0 Å². The van der Waals surface area contributed by atoms with Crippen LogP contribution in [0, 0.1) is 0 Å². The van der Waals surface area contributed by atoms with Gasteiger partial charge in [0, 0.05) is 19.3 Å². The van der Waals surface area contributed by atoms with Crippen LogP contribution in [0.2, 0.25) is 0 Å². The number of hydrogen-bond donors (Lipinski definition) is 1. The van der Waals surface area contributed by atoms with Crippen LogP contribution in [0.25, 0.3) is 0 Å². The molecule has 0 atom stereocenters. The van der Waals surface area contributed by atoms with Gasteiger partial charge in [-0.25, -0.2) is 4.79 Å². The number of rotatable bonds is 2. The molecule has 2 rings (SSSR count). The summed E-state index contributed by atoms with van der Waals surface area (Å²) in [5.74, 6) is 0.0613. The Morgan fingerprint density at radius 3 is 2.44 bits per heavy atom. The van der Waals surface area contributed by atoms with Crippen LogP contribution < -0.4 is 0 Å². The van der Waals surface area contributed by atoms with Gasteiger partial charge in [-0.2, -0.15) is 0 Å². The molecule has 0 bridgehead atoms. The highest BCUT2D eigenvalue weighted by molar-refractivity contribution is 5.88. The second-order valence-electron chi connectivity index (χ2n) is 4.62. The number of amides is 1. The zero-order valence-corrected chi connectivity index (χ0v) is 10.3. The van der Waals surface area contributed by atoms with E-state index in [-0.39, 0.29) is 5.78 Å². The van der Waals surface area contributed by atoms with Gasteiger partial charge in [0.2, 0.25) is 0 Å². The third-order valence-corrected chi connectivity index (χ3v) is 3.72. The van der Waals surface area contributed by atoms with E-state index >= 15 is 0 Å². The summed E-state index contributed by atoms with van der Waals surface area (Å²) in [6.45, 7) is 2.32. The standard InChI is InChI=1S/C13H16N2O3/c1-10(16)13(11-4-2-3-7-14-11)5-8-15(9-6-13)12(17)18/h2-4,7H,5-6,8-9H2,1H3,(H,17,18). The van der Waals surface area contributed by atoms with Crippen LogP contribution in [0.15, 0.2) is 24.4 Å². The number of carboxylic acid groups (broad SMARTS) is 1. The molecule has 5 nitrogen and oxygen atoms in total. The van der Waals surface area contributed by atoms with Crippen LogP contribution in [-0.4, -0.2) is 40.0 Å². The normalized spacial score (nSPS) is 18.4. The molecule has 1 aromatic heterocycles. The average Bonchev–Trinajstić information content (AvgIpc) is 2.39. The Bertz CT molecular complexity index is 451. The molecule has 1 saturated heterocycles. The number of Topliss-reactive ketones (excluding diaryl/α,β-unsaturated/α-hetero) is 1. The van der Waals surface area contributed by atoms with E-state index in [9.17, 15) is 9.59 Å². The van der Waals surface area contributed by atoms with E-state index in [1.54, 1.807) is 13.1 Å². The monoisotopic (exact) mass is 248 g/mol. The summed E-state index contributed by atoms with van der Waals surface area (Å²) >= 11 is 0. The number of aromatic nitrogens is 1. The Labute approximate surface area is 105 Å². The van der Waals surface area contributed by atoms with Crippen molar-refractivity contribution in [3.05, 3.63) is 30.1 Å². The number of hydrogen-bond acceptors (Lipinski definition) is 3. The van der Waals surface area contributed by atoms with Crippen LogP contribution >= 0.6 is 0 Å². The van der Waals surface area contributed by atoms with Crippen molar-refractivity contribution in [1.29, 1.82) is 0 Å². The summed E-state index contributed by atoms with van der Waals surface area (Å²) in [6.07, 6.45) is 1.76. The van der Waals surface area contributed by atoms with Crippen LogP contribution in [0.3, 0.4) is 0 Å². The van der Waals surface area contributed by atoms with Gasteiger partial charge in [0.05, 0.1) is 11.1 Å². The molecule has 1 aromatic rings. The SMILES string of the molecule is CC(=O)C1(c2ccccn2)CCN(C(=O)O)CC1. The second-order valence-corrected chi connectivity index (χ2v) is 4.62. The minimum atomic E-state index is -0.923. The molecule has 1 amide bonds. The highest BCUT2D eigenvalue weighted by atomic mass is 16.4. The molecule has 96 valence electrons. The Balaban J connectivity index is 2.27. The predicted molar refractivity (Wildman–Crippen MR) is 65.4 cm³/mol. The van der Waals surface area contributed by atoms with Crippen molar-refractivity contribution >= 4 is 11.9 Å². The zero-order chi connectivity index (χ0) is 13.2. The van der Waals surface area contributed by atoms with Crippen molar-refractivity contribution in [1.82, 2.24) is 9.88 Å². The number of ketones is 1. The lowest BCUT2D eigenvalue weighted by atomic mass is 9.72. The summed E-state index contributed by atoms with van der Waals surface area (Å²) in [4.78, 5) is 28.5. The van der Waals surface area contributed by atoms with Gasteiger partial charge in [-0.1, -0.05) is 6.07 Å². The molecule has 0 spiro atoms. The first-order valence-corrected chi connectivity index (χ1v) is 5.97. The van der Waals surface area contributed by atoms with Gasteiger partial charge in [-0.05, 0) is 31.9 Å². The summed E-state index contributed by atoms with van der Waals surface area (Å²) in [7, 11) is 0. The van der Waals surface area contributed by atoms with E-state index in [0.717, 1.165) is 5.69 Å². The molecule has 18 heavy (non-hydrogen) atoms. The maximum atomic E-state index is 12.0. The first-order valence-electron chi connectivity index (χ1n) is 5.97. The molecule has 1 aliphatic heterocycles. The third-order valence-electron chi connectivity index (χ3n) is 3.72. The number of carbonyl (C=O) groups excluding carboxylic acids is 1. The first-order chi connectivity index (χ1) is 8.56. The lowest BCUT2D eigenvalue weighted by molar-refractivity contribution is -0.124. The first kappa shape index (κ1) is 12.5. The minimum Gasteiger partial charge on any atom is -0.465 e. The van der Waals surface area contributed by atoms with Crippen molar-refractivity contribution in [3.63, 3.8) is 0 Å². The topological polar surface area (TPSA) is 70.5 Å². The second kappa shape index (κ2) is 4.76. The average molecular weight is 248 g/mol. The molecule has 0 radical (unpaired) electrons. The van der Waals surface area contributed by atoms with Crippen LogP contribution in [0.1, 0.15) is 25.5 Å². The van der Waals surface area contributed by atoms with Gasteiger partial charge in [-0.3, -0.25) is 9.78 Å². The Kier molecular flexibility index (Phi) is 3.32. The Morgan fingerprint density at radius 1 is 1.33 bits per heavy atom. The van der Waals surface area contributed by atoms with E-state index < -0.39 is 11.5 Å². The quantitative estimate of drug-likeness (QED) is 0.864. The molecule has 1 aliphatic rings. The molecule has 0 saturated carbocycles. The van der Waals surface area contributed by atoms with Crippen LogP contribution in [0.4, 0.5) is 4.79 Å². The highest BCUT2D eigenvalue weighted by Gasteiger charge is 2.42. The molecule has 1 fully saturated rings. The van der Waals surface area contributed by atoms with Gasteiger partial charge in [-0.15, -0.1) is 0 Å². The maximum absolute atomic E-state index is 12.0. The number of pyridine rings is 1. The minimum absolute atomic E-state index is 0.0613. The number of nitrogens with zero attached hydrogens (tertiary/aromatic N) is 2. The van der Waals surface area contributed by atoms with E-state index in [4.69, 9.17) is 5.11 Å².